The number of esters is 1. The highest BCUT2D eigenvalue weighted by Gasteiger charge is 2.22. The van der Waals surface area contributed by atoms with Gasteiger partial charge in [0.2, 0.25) is 0 Å². The predicted octanol–water partition coefficient (Wildman–Crippen LogP) is 2.12. The lowest BCUT2D eigenvalue weighted by Gasteiger charge is -2.25. The van der Waals surface area contributed by atoms with Gasteiger partial charge in [0.1, 0.15) is 5.69 Å². The first-order valence-corrected chi connectivity index (χ1v) is 5.89. The molecule has 0 aromatic heterocycles. The van der Waals surface area contributed by atoms with Crippen molar-refractivity contribution in [2.24, 2.45) is 0 Å². The highest BCUT2D eigenvalue weighted by atomic mass is 16.6. The fourth-order valence-corrected chi connectivity index (χ4v) is 1.71. The summed E-state index contributed by atoms with van der Waals surface area (Å²) in [6.45, 7) is 1.78. The molecule has 0 radical (unpaired) electrons. The van der Waals surface area contributed by atoms with Gasteiger partial charge in [-0.25, -0.2) is 4.79 Å². The zero-order valence-electron chi connectivity index (χ0n) is 11.5. The molecule has 20 heavy (non-hydrogen) atoms. The Kier molecular flexibility index (Phi) is 5.03. The van der Waals surface area contributed by atoms with Crippen molar-refractivity contribution in [2.75, 3.05) is 19.1 Å². The maximum absolute atomic E-state index is 11.5. The molecule has 0 aliphatic carbocycles. The number of carbonyl (C=O) groups excluding carboxylic acids is 1. The maximum atomic E-state index is 11.5. The van der Waals surface area contributed by atoms with E-state index in [9.17, 15) is 14.9 Å². The van der Waals surface area contributed by atoms with Crippen molar-refractivity contribution in [1.82, 2.24) is 0 Å². The quantitative estimate of drug-likeness (QED) is 0.464. The largest absolute Gasteiger partial charge is 0.465 e. The Balaban J connectivity index is 3.29. The third-order valence-corrected chi connectivity index (χ3v) is 3.02. The van der Waals surface area contributed by atoms with Gasteiger partial charge in [-0.05, 0) is 19.1 Å². The van der Waals surface area contributed by atoms with E-state index < -0.39 is 10.9 Å². The van der Waals surface area contributed by atoms with Gasteiger partial charge in [-0.1, -0.05) is 0 Å². The molecule has 7 heteroatoms. The summed E-state index contributed by atoms with van der Waals surface area (Å²) in [5, 5.41) is 19.8. The summed E-state index contributed by atoms with van der Waals surface area (Å²) in [4.78, 5) is 23.6. The van der Waals surface area contributed by atoms with Crippen molar-refractivity contribution in [3.63, 3.8) is 0 Å². The minimum atomic E-state index is -0.567. The van der Waals surface area contributed by atoms with Crippen molar-refractivity contribution in [1.29, 1.82) is 5.26 Å². The van der Waals surface area contributed by atoms with Gasteiger partial charge in [-0.15, -0.1) is 0 Å². The minimum Gasteiger partial charge on any atom is -0.465 e. The van der Waals surface area contributed by atoms with E-state index in [0.717, 1.165) is 0 Å². The van der Waals surface area contributed by atoms with Gasteiger partial charge in [0.25, 0.3) is 5.69 Å². The Bertz CT molecular complexity index is 565. The number of rotatable bonds is 5. The van der Waals surface area contributed by atoms with Gasteiger partial charge >= 0.3 is 5.97 Å². The smallest absolute Gasteiger partial charge is 0.337 e. The number of nitro groups is 1. The third kappa shape index (κ3) is 3.23. The Hall–Kier alpha value is -2.62. The lowest BCUT2D eigenvalue weighted by atomic mass is 10.1. The van der Waals surface area contributed by atoms with Crippen LogP contribution in [0.5, 0.6) is 0 Å². The summed E-state index contributed by atoms with van der Waals surface area (Å²) in [6, 6.07) is 5.80. The number of anilines is 1. The summed E-state index contributed by atoms with van der Waals surface area (Å²) in [7, 11) is 2.89. The zero-order chi connectivity index (χ0) is 15.3. The Morgan fingerprint density at radius 1 is 1.60 bits per heavy atom. The number of hydrogen-bond acceptors (Lipinski definition) is 6. The molecule has 1 aromatic carbocycles. The van der Waals surface area contributed by atoms with E-state index in [0.29, 0.717) is 0 Å². The van der Waals surface area contributed by atoms with Crippen LogP contribution < -0.4 is 4.90 Å². The van der Waals surface area contributed by atoms with E-state index in [2.05, 4.69) is 4.74 Å². The van der Waals surface area contributed by atoms with Crippen molar-refractivity contribution in [2.45, 2.75) is 19.4 Å². The summed E-state index contributed by atoms with van der Waals surface area (Å²) < 4.78 is 4.60. The maximum Gasteiger partial charge on any atom is 0.337 e. The SMILES string of the molecule is COC(=O)c1ccc([N+](=O)[O-])c(N(C)C(C)CC#N)c1. The number of methoxy groups -OCH3 is 1. The number of hydrogen-bond donors (Lipinski definition) is 0. The molecular formula is C13H15N3O4. The number of carbonyl (C=O) groups is 1. The van der Waals surface area contributed by atoms with Crippen molar-refractivity contribution < 1.29 is 14.5 Å². The molecule has 1 aromatic rings. The molecule has 0 saturated carbocycles. The number of benzene rings is 1. The van der Waals surface area contributed by atoms with Gasteiger partial charge in [-0.2, -0.15) is 5.26 Å². The highest BCUT2D eigenvalue weighted by molar-refractivity contribution is 5.91. The average Bonchev–Trinajstić information content (AvgIpc) is 2.45. The van der Waals surface area contributed by atoms with E-state index in [1.165, 1.54) is 25.3 Å². The lowest BCUT2D eigenvalue weighted by molar-refractivity contribution is -0.384. The second-order valence-corrected chi connectivity index (χ2v) is 4.27. The van der Waals surface area contributed by atoms with Gasteiger partial charge in [0, 0.05) is 19.2 Å². The monoisotopic (exact) mass is 277 g/mol. The minimum absolute atomic E-state index is 0.120. The van der Waals surface area contributed by atoms with Crippen LogP contribution in [0.15, 0.2) is 18.2 Å². The Morgan fingerprint density at radius 2 is 2.25 bits per heavy atom. The Morgan fingerprint density at radius 3 is 2.75 bits per heavy atom. The van der Waals surface area contributed by atoms with Crippen LogP contribution in [0.25, 0.3) is 0 Å². The van der Waals surface area contributed by atoms with Crippen molar-refractivity contribution >= 4 is 17.3 Å². The topological polar surface area (TPSA) is 96.5 Å². The van der Waals surface area contributed by atoms with Crippen LogP contribution in [-0.4, -0.2) is 31.1 Å². The molecule has 106 valence electrons. The molecule has 0 N–H and O–H groups in total. The molecule has 1 rings (SSSR count). The summed E-state index contributed by atoms with van der Waals surface area (Å²) >= 11 is 0. The molecular weight excluding hydrogens is 262 g/mol. The van der Waals surface area contributed by atoms with Crippen LogP contribution >= 0.6 is 0 Å². The zero-order valence-corrected chi connectivity index (χ0v) is 11.5. The number of nitrogens with zero attached hydrogens (tertiary/aromatic N) is 3. The first-order valence-electron chi connectivity index (χ1n) is 5.89. The first-order chi connectivity index (χ1) is 9.42. The van der Waals surface area contributed by atoms with Crippen LogP contribution in [-0.2, 0) is 4.74 Å². The summed E-state index contributed by atoms with van der Waals surface area (Å²) in [5.74, 6) is -0.567. The average molecular weight is 277 g/mol. The first kappa shape index (κ1) is 15.4. The molecule has 0 heterocycles. The molecule has 0 aliphatic heterocycles. The van der Waals surface area contributed by atoms with E-state index >= 15 is 0 Å². The van der Waals surface area contributed by atoms with E-state index in [1.807, 2.05) is 6.07 Å². The van der Waals surface area contributed by atoms with Gasteiger partial charge in [-0.3, -0.25) is 10.1 Å². The molecule has 0 amide bonds. The Labute approximate surface area is 116 Å². The second-order valence-electron chi connectivity index (χ2n) is 4.27. The lowest BCUT2D eigenvalue weighted by Crippen LogP contribution is -2.29. The van der Waals surface area contributed by atoms with Crippen LogP contribution in [0, 0.1) is 21.4 Å². The fourth-order valence-electron chi connectivity index (χ4n) is 1.71. The molecule has 1 unspecified atom stereocenters. The number of nitriles is 1. The van der Waals surface area contributed by atoms with Crippen LogP contribution in [0.1, 0.15) is 23.7 Å². The van der Waals surface area contributed by atoms with E-state index in [-0.39, 0.29) is 29.4 Å². The molecule has 0 fully saturated rings. The highest BCUT2D eigenvalue weighted by Crippen LogP contribution is 2.30. The second kappa shape index (κ2) is 6.52. The molecule has 1 atom stereocenters. The van der Waals surface area contributed by atoms with Crippen LogP contribution in [0.3, 0.4) is 0 Å². The molecule has 7 nitrogen and oxygen atoms in total. The normalized spacial score (nSPS) is 11.3. The van der Waals surface area contributed by atoms with Gasteiger partial charge in [0.15, 0.2) is 0 Å². The number of nitro benzene ring substituents is 1. The molecule has 0 bridgehead atoms. The third-order valence-electron chi connectivity index (χ3n) is 3.02. The van der Waals surface area contributed by atoms with Crippen LogP contribution in [0.4, 0.5) is 11.4 Å². The standard InChI is InChI=1S/C13H15N3O4/c1-9(6-7-14)15(2)12-8-10(13(17)20-3)4-5-11(12)16(18)19/h4-5,8-9H,6H2,1-3H3. The van der Waals surface area contributed by atoms with Crippen molar-refractivity contribution in [3.05, 3.63) is 33.9 Å². The van der Waals surface area contributed by atoms with E-state index in [4.69, 9.17) is 5.26 Å². The van der Waals surface area contributed by atoms with Crippen molar-refractivity contribution in [3.8, 4) is 6.07 Å². The number of ether oxygens (including phenoxy) is 1. The van der Waals surface area contributed by atoms with E-state index in [1.54, 1.807) is 18.9 Å². The predicted molar refractivity (Wildman–Crippen MR) is 72.5 cm³/mol. The summed E-state index contributed by atoms with van der Waals surface area (Å²) in [6.07, 6.45) is 0.218. The fraction of sp³-hybridized carbons (Fsp3) is 0.385. The van der Waals surface area contributed by atoms with Gasteiger partial charge < -0.3 is 9.64 Å². The summed E-state index contributed by atoms with van der Waals surface area (Å²) in [5.41, 5.74) is 0.384. The van der Waals surface area contributed by atoms with Gasteiger partial charge in [0.05, 0.1) is 30.1 Å². The molecule has 0 aliphatic rings. The van der Waals surface area contributed by atoms with Crippen LogP contribution in [0.2, 0.25) is 0 Å². The molecule has 0 saturated heterocycles. The molecule has 0 spiro atoms.